The van der Waals surface area contributed by atoms with Gasteiger partial charge in [0.15, 0.2) is 0 Å². The molecule has 1 unspecified atom stereocenters. The zero-order valence-electron chi connectivity index (χ0n) is 10.6. The molecule has 0 bridgehead atoms. The molecule has 0 amide bonds. The lowest BCUT2D eigenvalue weighted by molar-refractivity contribution is -0.138. The molecule has 0 radical (unpaired) electrons. The average Bonchev–Trinajstić information content (AvgIpc) is 3.11. The monoisotopic (exact) mass is 265 g/mol. The summed E-state index contributed by atoms with van der Waals surface area (Å²) in [7, 11) is 0. The first-order valence-electron chi connectivity index (χ1n) is 6.27. The number of hydrogen-bond acceptors (Lipinski definition) is 3. The van der Waals surface area contributed by atoms with Crippen LogP contribution in [0.15, 0.2) is 24.3 Å². The molecule has 4 heteroatoms. The van der Waals surface area contributed by atoms with E-state index in [0.717, 1.165) is 18.6 Å². The van der Waals surface area contributed by atoms with Crippen LogP contribution < -0.4 is 5.32 Å². The summed E-state index contributed by atoms with van der Waals surface area (Å²) >= 11 is 1.68. The van der Waals surface area contributed by atoms with Crippen molar-refractivity contribution in [3.8, 4) is 0 Å². The molecule has 1 aliphatic rings. The fourth-order valence-corrected chi connectivity index (χ4v) is 2.83. The van der Waals surface area contributed by atoms with E-state index in [2.05, 4.69) is 30.4 Å². The van der Waals surface area contributed by atoms with Crippen LogP contribution in [-0.4, -0.2) is 28.9 Å². The van der Waals surface area contributed by atoms with Gasteiger partial charge in [-0.2, -0.15) is 11.8 Å². The van der Waals surface area contributed by atoms with E-state index in [1.165, 1.54) is 11.1 Å². The molecular weight excluding hydrogens is 246 g/mol. The third-order valence-electron chi connectivity index (χ3n) is 2.95. The van der Waals surface area contributed by atoms with Crippen molar-refractivity contribution in [1.29, 1.82) is 0 Å². The number of aryl methyl sites for hydroxylation is 1. The second kappa shape index (κ2) is 6.25. The molecule has 3 nitrogen and oxygen atoms in total. The lowest BCUT2D eigenvalue weighted by Gasteiger charge is -2.13. The largest absolute Gasteiger partial charge is 0.480 e. The van der Waals surface area contributed by atoms with Crippen molar-refractivity contribution < 1.29 is 9.90 Å². The van der Waals surface area contributed by atoms with E-state index in [4.69, 9.17) is 5.11 Å². The number of thioether (sulfide) groups is 1. The standard InChI is InChI=1S/C14H19NO2S/c1-10-3-2-4-11(7-10)8-18-9-13(14(16)17)15-12-5-6-12/h2-4,7,12-13,15H,5-6,8-9H2,1H3,(H,16,17). The van der Waals surface area contributed by atoms with E-state index < -0.39 is 12.0 Å². The number of carboxylic acids is 1. The number of benzene rings is 1. The maximum atomic E-state index is 11.1. The molecule has 1 saturated carbocycles. The summed E-state index contributed by atoms with van der Waals surface area (Å²) in [6, 6.07) is 8.38. The minimum atomic E-state index is -0.737. The smallest absolute Gasteiger partial charge is 0.321 e. The Bertz CT molecular complexity index is 418. The molecule has 0 saturated heterocycles. The summed E-state index contributed by atoms with van der Waals surface area (Å²) in [5, 5.41) is 12.3. The van der Waals surface area contributed by atoms with E-state index in [-0.39, 0.29) is 0 Å². The van der Waals surface area contributed by atoms with E-state index in [1.807, 2.05) is 6.07 Å². The van der Waals surface area contributed by atoms with Gasteiger partial charge in [0.05, 0.1) is 0 Å². The molecular formula is C14H19NO2S. The van der Waals surface area contributed by atoms with Crippen LogP contribution in [0.1, 0.15) is 24.0 Å². The molecule has 1 aromatic rings. The molecule has 0 heterocycles. The van der Waals surface area contributed by atoms with Crippen LogP contribution in [0.2, 0.25) is 0 Å². The van der Waals surface area contributed by atoms with E-state index in [9.17, 15) is 4.79 Å². The number of carbonyl (C=O) groups is 1. The van der Waals surface area contributed by atoms with Crippen molar-refractivity contribution >= 4 is 17.7 Å². The Hall–Kier alpha value is -1.00. The Morgan fingerprint density at radius 2 is 2.33 bits per heavy atom. The third kappa shape index (κ3) is 4.35. The zero-order chi connectivity index (χ0) is 13.0. The van der Waals surface area contributed by atoms with Gasteiger partial charge in [0.2, 0.25) is 0 Å². The predicted molar refractivity (Wildman–Crippen MR) is 74.9 cm³/mol. The van der Waals surface area contributed by atoms with Crippen molar-refractivity contribution in [3.63, 3.8) is 0 Å². The molecule has 1 aliphatic carbocycles. The molecule has 2 rings (SSSR count). The van der Waals surface area contributed by atoms with Gasteiger partial charge < -0.3 is 10.4 Å². The fourth-order valence-electron chi connectivity index (χ4n) is 1.82. The van der Waals surface area contributed by atoms with E-state index in [1.54, 1.807) is 11.8 Å². The van der Waals surface area contributed by atoms with Crippen molar-refractivity contribution in [2.24, 2.45) is 0 Å². The van der Waals surface area contributed by atoms with Gasteiger partial charge in [-0.3, -0.25) is 4.79 Å². The number of hydrogen-bond donors (Lipinski definition) is 2. The number of carboxylic acid groups (broad SMARTS) is 1. The van der Waals surface area contributed by atoms with Gasteiger partial charge >= 0.3 is 5.97 Å². The van der Waals surface area contributed by atoms with E-state index in [0.29, 0.717) is 11.8 Å². The lowest BCUT2D eigenvalue weighted by Crippen LogP contribution is -2.40. The van der Waals surface area contributed by atoms with Gasteiger partial charge in [-0.1, -0.05) is 29.8 Å². The first kappa shape index (κ1) is 13.4. The van der Waals surface area contributed by atoms with Crippen LogP contribution in [0, 0.1) is 6.92 Å². The first-order valence-corrected chi connectivity index (χ1v) is 7.43. The van der Waals surface area contributed by atoms with Gasteiger partial charge in [-0.25, -0.2) is 0 Å². The molecule has 1 atom stereocenters. The molecule has 18 heavy (non-hydrogen) atoms. The number of aliphatic carboxylic acids is 1. The number of nitrogens with one attached hydrogen (secondary N) is 1. The number of rotatable bonds is 7. The fraction of sp³-hybridized carbons (Fsp3) is 0.500. The van der Waals surface area contributed by atoms with Gasteiger partial charge in [0, 0.05) is 17.5 Å². The minimum absolute atomic E-state index is 0.410. The Morgan fingerprint density at radius 3 is 2.94 bits per heavy atom. The van der Waals surface area contributed by atoms with E-state index >= 15 is 0 Å². The summed E-state index contributed by atoms with van der Waals surface area (Å²) in [5.41, 5.74) is 2.51. The SMILES string of the molecule is Cc1cccc(CSCC(NC2CC2)C(=O)O)c1. The Labute approximate surface area is 112 Å². The van der Waals surface area contributed by atoms with Gasteiger partial charge in [-0.15, -0.1) is 0 Å². The van der Waals surface area contributed by atoms with Crippen LogP contribution in [0.5, 0.6) is 0 Å². The molecule has 1 fully saturated rings. The quantitative estimate of drug-likeness (QED) is 0.795. The van der Waals surface area contributed by atoms with Crippen molar-refractivity contribution in [1.82, 2.24) is 5.32 Å². The molecule has 0 aromatic heterocycles. The Kier molecular flexibility index (Phi) is 4.66. The second-order valence-corrected chi connectivity index (χ2v) is 5.87. The molecule has 0 spiro atoms. The van der Waals surface area contributed by atoms with Crippen LogP contribution in [0.3, 0.4) is 0 Å². The van der Waals surface area contributed by atoms with Crippen LogP contribution in [-0.2, 0) is 10.5 Å². The highest BCUT2D eigenvalue weighted by Gasteiger charge is 2.27. The molecule has 1 aromatic carbocycles. The third-order valence-corrected chi connectivity index (χ3v) is 4.05. The highest BCUT2D eigenvalue weighted by molar-refractivity contribution is 7.98. The zero-order valence-corrected chi connectivity index (χ0v) is 11.4. The molecule has 98 valence electrons. The second-order valence-electron chi connectivity index (χ2n) is 4.84. The normalized spacial score (nSPS) is 16.5. The van der Waals surface area contributed by atoms with Crippen LogP contribution in [0.25, 0.3) is 0 Å². The summed E-state index contributed by atoms with van der Waals surface area (Å²) < 4.78 is 0. The van der Waals surface area contributed by atoms with Crippen LogP contribution in [0.4, 0.5) is 0 Å². The Balaban J connectivity index is 1.77. The molecule has 2 N–H and O–H groups in total. The summed E-state index contributed by atoms with van der Waals surface area (Å²) in [5.74, 6) is 0.760. The van der Waals surface area contributed by atoms with Crippen molar-refractivity contribution in [2.45, 2.75) is 37.6 Å². The van der Waals surface area contributed by atoms with Crippen molar-refractivity contribution in [2.75, 3.05) is 5.75 Å². The van der Waals surface area contributed by atoms with Gasteiger partial charge in [0.25, 0.3) is 0 Å². The first-order chi connectivity index (χ1) is 8.65. The summed E-state index contributed by atoms with van der Waals surface area (Å²) in [6.07, 6.45) is 2.23. The van der Waals surface area contributed by atoms with Gasteiger partial charge in [0.1, 0.15) is 6.04 Å². The highest BCUT2D eigenvalue weighted by Crippen LogP contribution is 2.21. The Morgan fingerprint density at radius 1 is 1.56 bits per heavy atom. The lowest BCUT2D eigenvalue weighted by atomic mass is 10.2. The van der Waals surface area contributed by atoms with Crippen LogP contribution >= 0.6 is 11.8 Å². The summed E-state index contributed by atoms with van der Waals surface area (Å²) in [4.78, 5) is 11.1. The van der Waals surface area contributed by atoms with Crippen molar-refractivity contribution in [3.05, 3.63) is 35.4 Å². The average molecular weight is 265 g/mol. The topological polar surface area (TPSA) is 49.3 Å². The van der Waals surface area contributed by atoms with Gasteiger partial charge in [-0.05, 0) is 25.3 Å². The summed E-state index contributed by atoms with van der Waals surface area (Å²) in [6.45, 7) is 2.07. The molecule has 0 aliphatic heterocycles. The predicted octanol–water partition coefficient (Wildman–Crippen LogP) is 2.43. The minimum Gasteiger partial charge on any atom is -0.480 e. The maximum absolute atomic E-state index is 11.1. The highest BCUT2D eigenvalue weighted by atomic mass is 32.2. The maximum Gasteiger partial charge on any atom is 0.321 e.